The number of rotatable bonds is 5. The van der Waals surface area contributed by atoms with E-state index in [1.54, 1.807) is 18.2 Å². The van der Waals surface area contributed by atoms with Gasteiger partial charge in [0.2, 0.25) is 10.0 Å². The first-order valence-corrected chi connectivity index (χ1v) is 9.32. The van der Waals surface area contributed by atoms with Gasteiger partial charge in [0.1, 0.15) is 0 Å². The Balaban J connectivity index is 2.16. The summed E-state index contributed by atoms with van der Waals surface area (Å²) in [5.41, 5.74) is 6.47. The second kappa shape index (κ2) is 7.19. The lowest BCUT2D eigenvalue weighted by molar-refractivity contribution is 0.0290. The fourth-order valence-electron chi connectivity index (χ4n) is 2.49. The predicted molar refractivity (Wildman–Crippen MR) is 85.4 cm³/mol. The van der Waals surface area contributed by atoms with Gasteiger partial charge in [0.15, 0.2) is 0 Å². The van der Waals surface area contributed by atoms with Crippen LogP contribution in [0, 0.1) is 0 Å². The molecule has 1 aromatic carbocycles. The summed E-state index contributed by atoms with van der Waals surface area (Å²) in [6, 6.07) is 5.14. The molecular weight excluding hydrogens is 356 g/mol. The van der Waals surface area contributed by atoms with Crippen molar-refractivity contribution in [2.75, 3.05) is 19.7 Å². The first kappa shape index (κ1) is 16.9. The van der Waals surface area contributed by atoms with Crippen molar-refractivity contribution in [2.24, 2.45) is 5.73 Å². The van der Waals surface area contributed by atoms with Crippen molar-refractivity contribution >= 4 is 26.0 Å². The summed E-state index contributed by atoms with van der Waals surface area (Å²) >= 11 is 3.34. The molecule has 0 radical (unpaired) electrons. The molecule has 0 amide bonds. The van der Waals surface area contributed by atoms with Gasteiger partial charge in [0.25, 0.3) is 0 Å². The van der Waals surface area contributed by atoms with Crippen molar-refractivity contribution in [1.82, 2.24) is 4.31 Å². The number of piperidine rings is 1. The first-order chi connectivity index (χ1) is 9.98. The molecular formula is C14H21BrN2O3S. The lowest BCUT2D eigenvalue weighted by atomic mass is 10.1. The Morgan fingerprint density at radius 1 is 1.38 bits per heavy atom. The number of benzene rings is 1. The van der Waals surface area contributed by atoms with Gasteiger partial charge in [-0.1, -0.05) is 6.07 Å². The fourth-order valence-corrected chi connectivity index (χ4v) is 5.05. The number of sulfonamides is 1. The summed E-state index contributed by atoms with van der Waals surface area (Å²) in [5.74, 6) is 0. The Bertz CT molecular complexity index is 584. The molecule has 1 saturated heterocycles. The molecule has 1 fully saturated rings. The highest BCUT2D eigenvalue weighted by molar-refractivity contribution is 9.10. The number of hydrogen-bond donors (Lipinski definition) is 1. The molecule has 2 N–H and O–H groups in total. The average molecular weight is 377 g/mol. The first-order valence-electron chi connectivity index (χ1n) is 7.09. The number of ether oxygens (including phenoxy) is 1. The van der Waals surface area contributed by atoms with Crippen molar-refractivity contribution in [1.29, 1.82) is 0 Å². The quantitative estimate of drug-likeness (QED) is 0.853. The monoisotopic (exact) mass is 376 g/mol. The molecule has 5 nitrogen and oxygen atoms in total. The van der Waals surface area contributed by atoms with E-state index in [9.17, 15) is 8.42 Å². The number of nitrogens with two attached hydrogens (primary N) is 1. The summed E-state index contributed by atoms with van der Waals surface area (Å²) in [7, 11) is -3.47. The van der Waals surface area contributed by atoms with Crippen molar-refractivity contribution < 1.29 is 13.2 Å². The van der Waals surface area contributed by atoms with Crippen LogP contribution in [0.2, 0.25) is 0 Å². The van der Waals surface area contributed by atoms with Gasteiger partial charge in [-0.15, -0.1) is 0 Å². The number of halogens is 1. The van der Waals surface area contributed by atoms with Crippen LogP contribution in [0.25, 0.3) is 0 Å². The van der Waals surface area contributed by atoms with Crippen LogP contribution in [0.3, 0.4) is 0 Å². The van der Waals surface area contributed by atoms with E-state index in [0.29, 0.717) is 35.6 Å². The molecule has 0 unspecified atom stereocenters. The van der Waals surface area contributed by atoms with Crippen LogP contribution in [0.15, 0.2) is 27.6 Å². The highest BCUT2D eigenvalue weighted by Gasteiger charge is 2.30. The van der Waals surface area contributed by atoms with Crippen LogP contribution in [-0.4, -0.2) is 38.5 Å². The molecule has 1 aliphatic heterocycles. The summed E-state index contributed by atoms with van der Waals surface area (Å²) < 4.78 is 33.1. The maximum atomic E-state index is 12.7. The van der Waals surface area contributed by atoms with Crippen LogP contribution in [0.5, 0.6) is 0 Å². The largest absolute Gasteiger partial charge is 0.378 e. The zero-order valence-electron chi connectivity index (χ0n) is 12.1. The van der Waals surface area contributed by atoms with E-state index in [0.717, 1.165) is 18.4 Å². The molecule has 118 valence electrons. The maximum absolute atomic E-state index is 12.7. The second-order valence-corrected chi connectivity index (χ2v) is 7.79. The third-order valence-corrected chi connectivity index (χ3v) is 6.53. The van der Waals surface area contributed by atoms with E-state index >= 15 is 0 Å². The smallest absolute Gasteiger partial charge is 0.244 e. The summed E-state index contributed by atoms with van der Waals surface area (Å²) in [5, 5.41) is 0. The minimum Gasteiger partial charge on any atom is -0.378 e. The Hall–Kier alpha value is -0.470. The molecule has 7 heteroatoms. The Morgan fingerprint density at radius 2 is 2.05 bits per heavy atom. The minimum atomic E-state index is -3.47. The van der Waals surface area contributed by atoms with E-state index in [1.165, 1.54) is 4.31 Å². The average Bonchev–Trinajstić information content (AvgIpc) is 2.47. The van der Waals surface area contributed by atoms with Gasteiger partial charge < -0.3 is 10.5 Å². The summed E-state index contributed by atoms with van der Waals surface area (Å²) in [4.78, 5) is 0.301. The van der Waals surface area contributed by atoms with Crippen molar-refractivity contribution in [3.8, 4) is 0 Å². The van der Waals surface area contributed by atoms with E-state index < -0.39 is 10.0 Å². The molecule has 0 spiro atoms. The normalized spacial score (nSPS) is 18.0. The van der Waals surface area contributed by atoms with Gasteiger partial charge in [-0.3, -0.25) is 0 Å². The third-order valence-electron chi connectivity index (χ3n) is 3.65. The molecule has 0 saturated carbocycles. The van der Waals surface area contributed by atoms with E-state index in [1.807, 2.05) is 6.92 Å². The van der Waals surface area contributed by atoms with Gasteiger partial charge in [0, 0.05) is 30.7 Å². The van der Waals surface area contributed by atoms with Gasteiger partial charge in [-0.2, -0.15) is 4.31 Å². The molecule has 0 bridgehead atoms. The van der Waals surface area contributed by atoms with E-state index in [4.69, 9.17) is 10.5 Å². The SMILES string of the molecule is CCOC1CCN(S(=O)(=O)c2ccc(CN)cc2Br)CC1. The summed E-state index contributed by atoms with van der Waals surface area (Å²) in [6.45, 7) is 4.01. The van der Waals surface area contributed by atoms with Crippen LogP contribution >= 0.6 is 15.9 Å². The predicted octanol–water partition coefficient (Wildman–Crippen LogP) is 2.10. The second-order valence-electron chi connectivity index (χ2n) is 5.03. The fraction of sp³-hybridized carbons (Fsp3) is 0.571. The molecule has 0 atom stereocenters. The third kappa shape index (κ3) is 3.84. The minimum absolute atomic E-state index is 0.171. The van der Waals surface area contributed by atoms with Crippen LogP contribution in [0.1, 0.15) is 25.3 Å². The molecule has 1 aromatic rings. The number of hydrogen-bond acceptors (Lipinski definition) is 4. The van der Waals surface area contributed by atoms with E-state index in [2.05, 4.69) is 15.9 Å². The van der Waals surface area contributed by atoms with Gasteiger partial charge in [-0.25, -0.2) is 8.42 Å². The van der Waals surface area contributed by atoms with Crippen LogP contribution in [-0.2, 0) is 21.3 Å². The number of nitrogens with zero attached hydrogens (tertiary/aromatic N) is 1. The molecule has 0 aliphatic carbocycles. The van der Waals surface area contributed by atoms with Crippen molar-refractivity contribution in [2.45, 2.75) is 37.3 Å². The van der Waals surface area contributed by atoms with Gasteiger partial charge in [-0.05, 0) is 53.4 Å². The Kier molecular flexibility index (Phi) is 5.79. The van der Waals surface area contributed by atoms with Gasteiger partial charge in [0.05, 0.1) is 11.0 Å². The highest BCUT2D eigenvalue weighted by atomic mass is 79.9. The topological polar surface area (TPSA) is 72.6 Å². The van der Waals surface area contributed by atoms with Gasteiger partial charge >= 0.3 is 0 Å². The standard InChI is InChI=1S/C14H21BrN2O3S/c1-2-20-12-5-7-17(8-6-12)21(18,19)14-4-3-11(10-16)9-13(14)15/h3-4,9,12H,2,5-8,10,16H2,1H3. The maximum Gasteiger partial charge on any atom is 0.244 e. The summed E-state index contributed by atoms with van der Waals surface area (Å²) in [6.07, 6.45) is 1.65. The van der Waals surface area contributed by atoms with Crippen LogP contribution in [0.4, 0.5) is 0 Å². The van der Waals surface area contributed by atoms with Crippen molar-refractivity contribution in [3.63, 3.8) is 0 Å². The Labute approximate surface area is 134 Å². The molecule has 2 rings (SSSR count). The zero-order chi connectivity index (χ0) is 15.5. The molecule has 1 aliphatic rings. The molecule has 1 heterocycles. The zero-order valence-corrected chi connectivity index (χ0v) is 14.5. The van der Waals surface area contributed by atoms with Crippen LogP contribution < -0.4 is 5.73 Å². The molecule has 0 aromatic heterocycles. The van der Waals surface area contributed by atoms with E-state index in [-0.39, 0.29) is 6.10 Å². The Morgan fingerprint density at radius 3 is 2.57 bits per heavy atom. The lowest BCUT2D eigenvalue weighted by Gasteiger charge is -2.31. The van der Waals surface area contributed by atoms with Crippen molar-refractivity contribution in [3.05, 3.63) is 28.2 Å². The molecule has 21 heavy (non-hydrogen) atoms. The lowest BCUT2D eigenvalue weighted by Crippen LogP contribution is -2.40. The highest BCUT2D eigenvalue weighted by Crippen LogP contribution is 2.28.